The SMILES string of the molecule is CC(C)(C)N1CC[C@](F)(C(=O)N2CCC(c3c(F)cccc3N3CCC(C(=O)O)CC3)CC2)C1. The number of piperidine rings is 2. The molecule has 1 atom stereocenters. The Morgan fingerprint density at radius 2 is 1.68 bits per heavy atom. The van der Waals surface area contributed by atoms with Crippen LogP contribution in [0.2, 0.25) is 0 Å². The lowest BCUT2D eigenvalue weighted by atomic mass is 9.86. The summed E-state index contributed by atoms with van der Waals surface area (Å²) < 4.78 is 30.7. The van der Waals surface area contributed by atoms with E-state index >= 15 is 8.78 Å². The number of hydrogen-bond donors (Lipinski definition) is 1. The number of carboxylic acids is 1. The zero-order valence-electron chi connectivity index (χ0n) is 20.5. The number of nitrogens with zero attached hydrogens (tertiary/aromatic N) is 3. The quantitative estimate of drug-likeness (QED) is 0.709. The van der Waals surface area contributed by atoms with Crippen molar-refractivity contribution in [1.82, 2.24) is 9.80 Å². The number of hydrogen-bond acceptors (Lipinski definition) is 4. The number of carboxylic acid groups (broad SMARTS) is 1. The molecule has 188 valence electrons. The number of aliphatic carboxylic acids is 1. The van der Waals surface area contributed by atoms with Gasteiger partial charge in [0.1, 0.15) is 5.82 Å². The van der Waals surface area contributed by atoms with Crippen molar-refractivity contribution < 1.29 is 23.5 Å². The zero-order valence-corrected chi connectivity index (χ0v) is 20.5. The van der Waals surface area contributed by atoms with Gasteiger partial charge in [-0.2, -0.15) is 0 Å². The van der Waals surface area contributed by atoms with Crippen LogP contribution < -0.4 is 4.90 Å². The first kappa shape index (κ1) is 24.9. The van der Waals surface area contributed by atoms with Gasteiger partial charge in [0.15, 0.2) is 0 Å². The van der Waals surface area contributed by atoms with Gasteiger partial charge >= 0.3 is 5.97 Å². The van der Waals surface area contributed by atoms with E-state index in [1.807, 2.05) is 31.7 Å². The number of benzene rings is 1. The molecule has 3 fully saturated rings. The van der Waals surface area contributed by atoms with Gasteiger partial charge in [0.2, 0.25) is 5.67 Å². The first-order valence-corrected chi connectivity index (χ1v) is 12.5. The Morgan fingerprint density at radius 3 is 2.24 bits per heavy atom. The van der Waals surface area contributed by atoms with Crippen LogP contribution in [0.5, 0.6) is 0 Å². The molecular weight excluding hydrogens is 440 g/mol. The van der Waals surface area contributed by atoms with Crippen LogP contribution in [0.4, 0.5) is 14.5 Å². The molecule has 3 heterocycles. The van der Waals surface area contributed by atoms with E-state index in [2.05, 4.69) is 4.90 Å². The third kappa shape index (κ3) is 4.92. The summed E-state index contributed by atoms with van der Waals surface area (Å²) in [5.41, 5.74) is -0.552. The summed E-state index contributed by atoms with van der Waals surface area (Å²) in [4.78, 5) is 30.1. The highest BCUT2D eigenvalue weighted by Gasteiger charge is 2.49. The predicted molar refractivity (Wildman–Crippen MR) is 127 cm³/mol. The monoisotopic (exact) mass is 477 g/mol. The summed E-state index contributed by atoms with van der Waals surface area (Å²) in [5, 5.41) is 9.28. The van der Waals surface area contributed by atoms with Crippen LogP contribution in [0.25, 0.3) is 0 Å². The molecule has 0 spiro atoms. The fourth-order valence-corrected chi connectivity index (χ4v) is 5.75. The van der Waals surface area contributed by atoms with E-state index in [-0.39, 0.29) is 36.2 Å². The summed E-state index contributed by atoms with van der Waals surface area (Å²) in [6, 6.07) is 5.08. The van der Waals surface area contributed by atoms with Gasteiger partial charge in [0.05, 0.1) is 5.92 Å². The third-order valence-electron chi connectivity index (χ3n) is 7.96. The molecule has 3 saturated heterocycles. The molecule has 8 heteroatoms. The molecule has 4 rings (SSSR count). The molecule has 0 radical (unpaired) electrons. The van der Waals surface area contributed by atoms with Gasteiger partial charge in [-0.3, -0.25) is 14.5 Å². The van der Waals surface area contributed by atoms with Crippen molar-refractivity contribution in [2.75, 3.05) is 44.2 Å². The number of carbonyl (C=O) groups is 2. The number of likely N-dealkylation sites (tertiary alicyclic amines) is 2. The maximum Gasteiger partial charge on any atom is 0.306 e. The van der Waals surface area contributed by atoms with Crippen LogP contribution in [-0.2, 0) is 9.59 Å². The summed E-state index contributed by atoms with van der Waals surface area (Å²) >= 11 is 0. The number of carbonyl (C=O) groups excluding carboxylic acids is 1. The zero-order chi connectivity index (χ0) is 24.7. The maximum absolute atomic E-state index is 15.6. The van der Waals surface area contributed by atoms with E-state index in [4.69, 9.17) is 0 Å². The van der Waals surface area contributed by atoms with Crippen molar-refractivity contribution in [3.8, 4) is 0 Å². The molecule has 1 aromatic rings. The molecule has 3 aliphatic rings. The van der Waals surface area contributed by atoms with Gasteiger partial charge in [-0.25, -0.2) is 8.78 Å². The number of anilines is 1. The van der Waals surface area contributed by atoms with Gasteiger partial charge in [0.25, 0.3) is 5.91 Å². The van der Waals surface area contributed by atoms with Crippen LogP contribution in [0.3, 0.4) is 0 Å². The van der Waals surface area contributed by atoms with E-state index < -0.39 is 17.5 Å². The Kier molecular flexibility index (Phi) is 6.91. The van der Waals surface area contributed by atoms with Crippen molar-refractivity contribution in [2.45, 2.75) is 70.0 Å². The molecule has 0 saturated carbocycles. The highest BCUT2D eigenvalue weighted by atomic mass is 19.1. The molecule has 1 N–H and O–H groups in total. The lowest BCUT2D eigenvalue weighted by Gasteiger charge is -2.38. The summed E-state index contributed by atoms with van der Waals surface area (Å²) in [6.07, 6.45) is 2.48. The average molecular weight is 478 g/mol. The minimum atomic E-state index is -1.85. The lowest BCUT2D eigenvalue weighted by Crippen LogP contribution is -2.51. The second-order valence-electron chi connectivity index (χ2n) is 11.1. The Bertz CT molecular complexity index is 918. The van der Waals surface area contributed by atoms with Crippen LogP contribution in [0, 0.1) is 11.7 Å². The molecule has 1 aromatic carbocycles. The standard InChI is InChI=1S/C26H37F2N3O3/c1-25(2,3)31-16-11-26(28,17-31)24(34)30-14-7-18(8-15-30)22-20(27)5-4-6-21(22)29-12-9-19(10-13-29)23(32)33/h4-6,18-19H,7-17H2,1-3H3,(H,32,33)/t26-/m1/s1. The topological polar surface area (TPSA) is 64.1 Å². The van der Waals surface area contributed by atoms with Gasteiger partial charge in [-0.1, -0.05) is 6.07 Å². The van der Waals surface area contributed by atoms with E-state index in [0.29, 0.717) is 64.0 Å². The number of alkyl halides is 1. The van der Waals surface area contributed by atoms with Crippen molar-refractivity contribution in [2.24, 2.45) is 5.92 Å². The van der Waals surface area contributed by atoms with E-state index in [0.717, 1.165) is 5.69 Å². The molecule has 3 aliphatic heterocycles. The van der Waals surface area contributed by atoms with Crippen molar-refractivity contribution >= 4 is 17.6 Å². The number of halogens is 2. The molecule has 34 heavy (non-hydrogen) atoms. The van der Waals surface area contributed by atoms with Gasteiger partial charge in [-0.05, 0) is 64.5 Å². The highest BCUT2D eigenvalue weighted by Crippen LogP contribution is 2.39. The molecular formula is C26H37F2N3O3. The van der Waals surface area contributed by atoms with E-state index in [1.54, 1.807) is 11.0 Å². The highest BCUT2D eigenvalue weighted by molar-refractivity contribution is 5.86. The summed E-state index contributed by atoms with van der Waals surface area (Å²) in [5.74, 6) is -1.86. The third-order valence-corrected chi connectivity index (χ3v) is 7.96. The minimum Gasteiger partial charge on any atom is -0.481 e. The van der Waals surface area contributed by atoms with E-state index in [9.17, 15) is 14.7 Å². The lowest BCUT2D eigenvalue weighted by molar-refractivity contribution is -0.144. The summed E-state index contributed by atoms with van der Waals surface area (Å²) in [6.45, 7) is 8.79. The van der Waals surface area contributed by atoms with Crippen LogP contribution in [-0.4, -0.2) is 77.3 Å². The van der Waals surface area contributed by atoms with Gasteiger partial charge in [-0.15, -0.1) is 0 Å². The fourth-order valence-electron chi connectivity index (χ4n) is 5.75. The fraction of sp³-hybridized carbons (Fsp3) is 0.692. The summed E-state index contributed by atoms with van der Waals surface area (Å²) in [7, 11) is 0. The molecule has 0 aromatic heterocycles. The smallest absolute Gasteiger partial charge is 0.306 e. The minimum absolute atomic E-state index is 0.0531. The Hall–Kier alpha value is -2.22. The first-order chi connectivity index (χ1) is 16.0. The normalized spacial score (nSPS) is 25.7. The molecule has 6 nitrogen and oxygen atoms in total. The van der Waals surface area contributed by atoms with Crippen LogP contribution in [0.15, 0.2) is 18.2 Å². The number of rotatable bonds is 4. The first-order valence-electron chi connectivity index (χ1n) is 12.5. The molecule has 1 amide bonds. The average Bonchev–Trinajstić information content (AvgIpc) is 3.22. The Morgan fingerprint density at radius 1 is 1.03 bits per heavy atom. The van der Waals surface area contributed by atoms with Crippen molar-refractivity contribution in [3.63, 3.8) is 0 Å². The second kappa shape index (κ2) is 9.44. The molecule has 0 bridgehead atoms. The Labute approximate surface area is 200 Å². The second-order valence-corrected chi connectivity index (χ2v) is 11.1. The maximum atomic E-state index is 15.6. The predicted octanol–water partition coefficient (Wildman–Crippen LogP) is 4.05. The number of amides is 1. The Balaban J connectivity index is 1.42. The van der Waals surface area contributed by atoms with Gasteiger partial charge < -0.3 is 14.9 Å². The van der Waals surface area contributed by atoms with Crippen molar-refractivity contribution in [3.05, 3.63) is 29.6 Å². The largest absolute Gasteiger partial charge is 0.481 e. The van der Waals surface area contributed by atoms with Crippen molar-refractivity contribution in [1.29, 1.82) is 0 Å². The van der Waals surface area contributed by atoms with Crippen LogP contribution in [0.1, 0.15) is 64.4 Å². The van der Waals surface area contributed by atoms with Crippen LogP contribution >= 0.6 is 0 Å². The van der Waals surface area contributed by atoms with Gasteiger partial charge in [0, 0.05) is 62.5 Å². The molecule has 0 unspecified atom stereocenters. The van der Waals surface area contributed by atoms with E-state index in [1.165, 1.54) is 6.07 Å². The molecule has 0 aliphatic carbocycles.